The molecule has 1 atom stereocenters. The second kappa shape index (κ2) is 7.54. The van der Waals surface area contributed by atoms with Crippen molar-refractivity contribution in [2.24, 2.45) is 5.92 Å². The van der Waals surface area contributed by atoms with Crippen LogP contribution in [-0.4, -0.2) is 47.4 Å². The highest BCUT2D eigenvalue weighted by Crippen LogP contribution is 2.22. The summed E-state index contributed by atoms with van der Waals surface area (Å²) in [6.45, 7) is 4.96. The molecule has 1 aliphatic heterocycles. The van der Waals surface area contributed by atoms with Crippen molar-refractivity contribution in [1.82, 2.24) is 9.47 Å². The Morgan fingerprint density at radius 3 is 2.72 bits per heavy atom. The van der Waals surface area contributed by atoms with Gasteiger partial charge in [0.1, 0.15) is 0 Å². The Bertz CT molecular complexity index is 797. The number of fused-ring (bicyclic) bond motifs is 1. The van der Waals surface area contributed by atoms with Crippen molar-refractivity contribution in [3.63, 3.8) is 0 Å². The van der Waals surface area contributed by atoms with Crippen LogP contribution in [0.4, 0.5) is 4.39 Å². The first-order valence-corrected chi connectivity index (χ1v) is 8.75. The Morgan fingerprint density at radius 1 is 1.32 bits per heavy atom. The van der Waals surface area contributed by atoms with E-state index in [4.69, 9.17) is 4.74 Å². The van der Waals surface area contributed by atoms with Gasteiger partial charge in [-0.15, -0.1) is 0 Å². The zero-order valence-electron chi connectivity index (χ0n) is 14.7. The Balaban J connectivity index is 1.75. The Labute approximate surface area is 146 Å². The molecule has 136 valence electrons. The van der Waals surface area contributed by atoms with Gasteiger partial charge in [-0.25, -0.2) is 4.39 Å². The smallest absolute Gasteiger partial charge is 0.258 e. The zero-order valence-corrected chi connectivity index (χ0v) is 14.7. The third-order valence-corrected chi connectivity index (χ3v) is 5.00. The van der Waals surface area contributed by atoms with Gasteiger partial charge < -0.3 is 19.3 Å². The number of ether oxygens (including phenoxy) is 1. The molecule has 2 aromatic rings. The van der Waals surface area contributed by atoms with Crippen molar-refractivity contribution in [2.75, 3.05) is 26.7 Å². The van der Waals surface area contributed by atoms with E-state index in [2.05, 4.69) is 11.8 Å². The van der Waals surface area contributed by atoms with Gasteiger partial charge in [-0.05, 0) is 55.4 Å². The number of halogens is 1. The van der Waals surface area contributed by atoms with Gasteiger partial charge in [-0.2, -0.15) is 0 Å². The number of hydrogen-bond donors (Lipinski definition) is 1. The Kier molecular flexibility index (Phi) is 5.39. The van der Waals surface area contributed by atoms with E-state index >= 15 is 0 Å². The Morgan fingerprint density at radius 2 is 2.04 bits per heavy atom. The molecule has 2 heterocycles. The highest BCUT2D eigenvalue weighted by atomic mass is 19.1. The number of aliphatic hydroxyl groups is 1. The van der Waals surface area contributed by atoms with Crippen LogP contribution in [0.5, 0.6) is 5.75 Å². The third-order valence-electron chi connectivity index (χ3n) is 5.00. The fraction of sp³-hybridized carbons (Fsp3) is 0.526. The van der Waals surface area contributed by atoms with Gasteiger partial charge >= 0.3 is 0 Å². The second-order valence-corrected chi connectivity index (χ2v) is 6.98. The molecule has 1 aromatic carbocycles. The van der Waals surface area contributed by atoms with Crippen LogP contribution in [-0.2, 0) is 6.54 Å². The van der Waals surface area contributed by atoms with E-state index in [0.717, 1.165) is 31.8 Å². The maximum absolute atomic E-state index is 13.9. The van der Waals surface area contributed by atoms with E-state index in [1.807, 2.05) is 0 Å². The summed E-state index contributed by atoms with van der Waals surface area (Å²) in [5.41, 5.74) is -0.301. The minimum absolute atomic E-state index is 0.115. The number of nitrogens with zero attached hydrogens (tertiary/aromatic N) is 2. The minimum Gasteiger partial charge on any atom is -0.494 e. The molecule has 0 spiro atoms. The molecule has 0 bridgehead atoms. The third kappa shape index (κ3) is 4.02. The van der Waals surface area contributed by atoms with Crippen LogP contribution in [0.2, 0.25) is 0 Å². The largest absolute Gasteiger partial charge is 0.494 e. The summed E-state index contributed by atoms with van der Waals surface area (Å²) >= 11 is 0. The number of hydrogen-bond acceptors (Lipinski definition) is 4. The SMILES string of the molecule is COc1cc2ccn(C[C@@H](O)CN3CCC(C)CC3)c(=O)c2cc1F. The lowest BCUT2D eigenvalue weighted by molar-refractivity contribution is 0.0796. The predicted molar refractivity (Wildman–Crippen MR) is 95.6 cm³/mol. The van der Waals surface area contributed by atoms with Crippen LogP contribution in [0, 0.1) is 11.7 Å². The molecular formula is C19H25FN2O3. The van der Waals surface area contributed by atoms with Crippen LogP contribution in [0.3, 0.4) is 0 Å². The maximum Gasteiger partial charge on any atom is 0.258 e. The molecule has 0 amide bonds. The number of aliphatic hydroxyl groups excluding tert-OH is 1. The summed E-state index contributed by atoms with van der Waals surface area (Å²) in [7, 11) is 1.39. The fourth-order valence-electron chi connectivity index (χ4n) is 3.41. The number of rotatable bonds is 5. The van der Waals surface area contributed by atoms with Crippen molar-refractivity contribution in [2.45, 2.75) is 32.4 Å². The van der Waals surface area contributed by atoms with Gasteiger partial charge in [0.05, 0.1) is 25.1 Å². The van der Waals surface area contributed by atoms with E-state index in [-0.39, 0.29) is 17.9 Å². The molecule has 0 radical (unpaired) electrons. The standard InChI is InChI=1S/C19H25FN2O3/c1-13-3-6-21(7-4-13)11-15(23)12-22-8-5-14-9-18(25-2)17(20)10-16(14)19(22)24/h5,8-10,13,15,23H,3-4,6-7,11-12H2,1-2H3/t15-/m0/s1. The lowest BCUT2D eigenvalue weighted by atomic mass is 9.99. The molecule has 0 saturated carbocycles. The molecule has 25 heavy (non-hydrogen) atoms. The number of pyridine rings is 1. The summed E-state index contributed by atoms with van der Waals surface area (Å²) < 4.78 is 20.3. The van der Waals surface area contributed by atoms with E-state index in [1.54, 1.807) is 12.3 Å². The highest BCUT2D eigenvalue weighted by Gasteiger charge is 2.19. The highest BCUT2D eigenvalue weighted by molar-refractivity contribution is 5.83. The summed E-state index contributed by atoms with van der Waals surface area (Å²) in [5, 5.41) is 11.3. The number of piperidine rings is 1. The van der Waals surface area contributed by atoms with Gasteiger partial charge in [-0.1, -0.05) is 6.92 Å². The van der Waals surface area contributed by atoms with Crippen molar-refractivity contribution in [3.05, 3.63) is 40.6 Å². The molecule has 0 unspecified atom stereocenters. The Hall–Kier alpha value is -1.92. The van der Waals surface area contributed by atoms with Crippen molar-refractivity contribution in [3.8, 4) is 5.75 Å². The van der Waals surface area contributed by atoms with Gasteiger partial charge in [0, 0.05) is 12.7 Å². The quantitative estimate of drug-likeness (QED) is 0.900. The first-order chi connectivity index (χ1) is 12.0. The topological polar surface area (TPSA) is 54.7 Å². The van der Waals surface area contributed by atoms with Gasteiger partial charge in [0.25, 0.3) is 5.56 Å². The van der Waals surface area contributed by atoms with Crippen molar-refractivity contribution in [1.29, 1.82) is 0 Å². The lowest BCUT2D eigenvalue weighted by Crippen LogP contribution is -2.40. The average Bonchev–Trinajstić information content (AvgIpc) is 2.59. The average molecular weight is 348 g/mol. The van der Waals surface area contributed by atoms with Crippen LogP contribution >= 0.6 is 0 Å². The van der Waals surface area contributed by atoms with Gasteiger partial charge in [-0.3, -0.25) is 4.79 Å². The van der Waals surface area contributed by atoms with Crippen LogP contribution in [0.25, 0.3) is 10.8 Å². The van der Waals surface area contributed by atoms with E-state index in [0.29, 0.717) is 17.3 Å². The molecule has 1 aromatic heterocycles. The molecule has 3 rings (SSSR count). The number of benzene rings is 1. The molecule has 1 fully saturated rings. The van der Waals surface area contributed by atoms with Crippen LogP contribution < -0.4 is 10.3 Å². The van der Waals surface area contributed by atoms with Crippen molar-refractivity contribution < 1.29 is 14.2 Å². The minimum atomic E-state index is -0.633. The lowest BCUT2D eigenvalue weighted by Gasteiger charge is -2.31. The van der Waals surface area contributed by atoms with E-state index < -0.39 is 11.9 Å². The normalized spacial score (nSPS) is 17.8. The number of aromatic nitrogens is 1. The molecular weight excluding hydrogens is 323 g/mol. The maximum atomic E-state index is 13.9. The first kappa shape index (κ1) is 17.9. The molecule has 0 aliphatic carbocycles. The zero-order chi connectivity index (χ0) is 18.0. The molecule has 5 nitrogen and oxygen atoms in total. The first-order valence-electron chi connectivity index (χ1n) is 8.75. The summed E-state index contributed by atoms with van der Waals surface area (Å²) in [4.78, 5) is 14.8. The molecule has 1 aliphatic rings. The van der Waals surface area contributed by atoms with E-state index in [9.17, 15) is 14.3 Å². The van der Waals surface area contributed by atoms with Crippen LogP contribution in [0.15, 0.2) is 29.2 Å². The number of β-amino-alcohol motifs (C(OH)–C–C–N with tert-alkyl or cyclic N) is 1. The summed E-state index contributed by atoms with van der Waals surface area (Å²) in [6.07, 6.45) is 3.29. The predicted octanol–water partition coefficient (Wildman–Crippen LogP) is 2.24. The summed E-state index contributed by atoms with van der Waals surface area (Å²) in [5.74, 6) is 0.292. The second-order valence-electron chi connectivity index (χ2n) is 6.98. The summed E-state index contributed by atoms with van der Waals surface area (Å²) in [6, 6.07) is 4.46. The number of likely N-dealkylation sites (tertiary alicyclic amines) is 1. The fourth-order valence-corrected chi connectivity index (χ4v) is 3.41. The van der Waals surface area contributed by atoms with E-state index in [1.165, 1.54) is 23.8 Å². The van der Waals surface area contributed by atoms with Crippen molar-refractivity contribution >= 4 is 10.8 Å². The van der Waals surface area contributed by atoms with Gasteiger partial charge in [0.2, 0.25) is 0 Å². The molecule has 6 heteroatoms. The molecule has 1 saturated heterocycles. The van der Waals surface area contributed by atoms with Crippen LogP contribution in [0.1, 0.15) is 19.8 Å². The number of methoxy groups -OCH3 is 1. The monoisotopic (exact) mass is 348 g/mol. The van der Waals surface area contributed by atoms with Gasteiger partial charge in [0.15, 0.2) is 11.6 Å². The molecule has 1 N–H and O–H groups in total.